The number of hydrogen-bond donors (Lipinski definition) is 0. The summed E-state index contributed by atoms with van der Waals surface area (Å²) in [6.07, 6.45) is 1.77. The number of rotatable bonds is 2. The van der Waals surface area contributed by atoms with E-state index in [1.54, 1.807) is 10.9 Å². The van der Waals surface area contributed by atoms with Crippen LogP contribution in [0.1, 0.15) is 11.3 Å². The Labute approximate surface area is 97.6 Å². The largest absolute Gasteiger partial charge is 0.219 e. The van der Waals surface area contributed by atoms with Gasteiger partial charge in [0, 0.05) is 0 Å². The van der Waals surface area contributed by atoms with Crippen molar-refractivity contribution >= 4 is 23.2 Å². The minimum atomic E-state index is 0.351. The van der Waals surface area contributed by atoms with Gasteiger partial charge in [0.05, 0.1) is 28.5 Å². The molecule has 78 valence electrons. The molecule has 0 bridgehead atoms. The van der Waals surface area contributed by atoms with Gasteiger partial charge in [0.15, 0.2) is 0 Å². The Kier molecular flexibility index (Phi) is 2.93. The molecule has 0 aliphatic rings. The van der Waals surface area contributed by atoms with Crippen LogP contribution in [-0.2, 0) is 5.88 Å². The molecule has 2 rings (SSSR count). The molecule has 0 spiro atoms. The molecule has 3 nitrogen and oxygen atoms in total. The first kappa shape index (κ1) is 10.5. The van der Waals surface area contributed by atoms with Crippen LogP contribution in [0, 0.1) is 6.92 Å². The first-order valence-electron chi connectivity index (χ1n) is 4.45. The van der Waals surface area contributed by atoms with Crippen LogP contribution >= 0.6 is 23.2 Å². The predicted molar refractivity (Wildman–Crippen MR) is 60.7 cm³/mol. The summed E-state index contributed by atoms with van der Waals surface area (Å²) in [7, 11) is 0. The van der Waals surface area contributed by atoms with E-state index in [1.807, 2.05) is 25.1 Å². The van der Waals surface area contributed by atoms with Crippen molar-refractivity contribution in [2.75, 3.05) is 0 Å². The minimum Gasteiger partial charge on any atom is -0.219 e. The van der Waals surface area contributed by atoms with E-state index in [-0.39, 0.29) is 0 Å². The molecule has 1 aromatic carbocycles. The summed E-state index contributed by atoms with van der Waals surface area (Å²) < 4.78 is 1.63. The average Bonchev–Trinajstić information content (AvgIpc) is 2.70. The summed E-state index contributed by atoms with van der Waals surface area (Å²) in [6.45, 7) is 1.95. The van der Waals surface area contributed by atoms with Gasteiger partial charge in [-0.15, -0.1) is 16.7 Å². The fourth-order valence-corrected chi connectivity index (χ4v) is 1.62. The highest BCUT2D eigenvalue weighted by molar-refractivity contribution is 6.33. The van der Waals surface area contributed by atoms with Crippen molar-refractivity contribution < 1.29 is 0 Å². The van der Waals surface area contributed by atoms with E-state index < -0.39 is 0 Å². The molecule has 0 radical (unpaired) electrons. The maximum absolute atomic E-state index is 6.16. The molecule has 0 fully saturated rings. The Morgan fingerprint density at radius 2 is 2.20 bits per heavy atom. The third kappa shape index (κ3) is 1.98. The summed E-state index contributed by atoms with van der Waals surface area (Å²) in [4.78, 5) is 0. The lowest BCUT2D eigenvalue weighted by Gasteiger charge is -2.04. The highest BCUT2D eigenvalue weighted by atomic mass is 35.5. The molecule has 0 saturated carbocycles. The van der Waals surface area contributed by atoms with E-state index in [0.29, 0.717) is 10.9 Å². The van der Waals surface area contributed by atoms with E-state index in [2.05, 4.69) is 10.3 Å². The molecule has 2 aromatic rings. The number of aromatic nitrogens is 3. The van der Waals surface area contributed by atoms with Crippen molar-refractivity contribution in [2.24, 2.45) is 0 Å². The number of hydrogen-bond acceptors (Lipinski definition) is 2. The van der Waals surface area contributed by atoms with Gasteiger partial charge in [-0.05, 0) is 18.6 Å². The monoisotopic (exact) mass is 241 g/mol. The van der Waals surface area contributed by atoms with Crippen LogP contribution < -0.4 is 0 Å². The van der Waals surface area contributed by atoms with Gasteiger partial charge < -0.3 is 0 Å². The number of nitrogens with zero attached hydrogens (tertiary/aromatic N) is 3. The van der Waals surface area contributed by atoms with Gasteiger partial charge in [0.2, 0.25) is 0 Å². The second-order valence-corrected chi connectivity index (χ2v) is 3.84. The summed E-state index contributed by atoms with van der Waals surface area (Å²) >= 11 is 11.8. The van der Waals surface area contributed by atoms with Gasteiger partial charge in [-0.3, -0.25) is 0 Å². The molecule has 15 heavy (non-hydrogen) atoms. The highest BCUT2D eigenvalue weighted by Crippen LogP contribution is 2.23. The molecule has 0 amide bonds. The molecule has 0 atom stereocenters. The van der Waals surface area contributed by atoms with Gasteiger partial charge in [0.1, 0.15) is 0 Å². The zero-order valence-corrected chi connectivity index (χ0v) is 9.63. The van der Waals surface area contributed by atoms with Crippen molar-refractivity contribution in [3.63, 3.8) is 0 Å². The van der Waals surface area contributed by atoms with Crippen LogP contribution in [0.4, 0.5) is 0 Å². The molecule has 0 N–H and O–H groups in total. The van der Waals surface area contributed by atoms with E-state index in [9.17, 15) is 0 Å². The molecule has 0 aliphatic heterocycles. The Morgan fingerprint density at radius 3 is 2.87 bits per heavy atom. The number of alkyl halides is 1. The van der Waals surface area contributed by atoms with Crippen LogP contribution in [0.15, 0.2) is 24.4 Å². The Balaban J connectivity index is 2.49. The van der Waals surface area contributed by atoms with Gasteiger partial charge in [-0.2, -0.15) is 0 Å². The fraction of sp³-hybridized carbons (Fsp3) is 0.200. The maximum atomic E-state index is 6.16. The standard InChI is InChI=1S/C10H9Cl2N3/c1-7-3-2-4-9(10(7)12)15-6-8(5-11)13-14-15/h2-4,6H,5H2,1H3. The fourth-order valence-electron chi connectivity index (χ4n) is 1.29. The zero-order chi connectivity index (χ0) is 10.8. The van der Waals surface area contributed by atoms with Crippen LogP contribution in [0.3, 0.4) is 0 Å². The molecular formula is C10H9Cl2N3. The quantitative estimate of drug-likeness (QED) is 0.758. The summed E-state index contributed by atoms with van der Waals surface area (Å²) in [5.74, 6) is 0.351. The molecule has 0 saturated heterocycles. The molecule has 1 aromatic heterocycles. The SMILES string of the molecule is Cc1cccc(-n2cc(CCl)nn2)c1Cl. The topological polar surface area (TPSA) is 30.7 Å². The first-order chi connectivity index (χ1) is 7.22. The lowest BCUT2D eigenvalue weighted by atomic mass is 10.2. The second-order valence-electron chi connectivity index (χ2n) is 3.20. The van der Waals surface area contributed by atoms with Crippen LogP contribution in [0.5, 0.6) is 0 Å². The third-order valence-electron chi connectivity index (χ3n) is 2.10. The Morgan fingerprint density at radius 1 is 1.40 bits per heavy atom. The lowest BCUT2D eigenvalue weighted by Crippen LogP contribution is -1.96. The summed E-state index contributed by atoms with van der Waals surface area (Å²) in [5.41, 5.74) is 2.56. The molecule has 0 aliphatic carbocycles. The molecule has 0 unspecified atom stereocenters. The van der Waals surface area contributed by atoms with Crippen molar-refractivity contribution in [2.45, 2.75) is 12.8 Å². The van der Waals surface area contributed by atoms with Crippen molar-refractivity contribution in [3.8, 4) is 5.69 Å². The highest BCUT2D eigenvalue weighted by Gasteiger charge is 2.07. The number of benzene rings is 1. The minimum absolute atomic E-state index is 0.351. The Bertz CT molecular complexity index is 479. The van der Waals surface area contributed by atoms with Gasteiger partial charge in [0.25, 0.3) is 0 Å². The van der Waals surface area contributed by atoms with E-state index in [4.69, 9.17) is 23.2 Å². The van der Waals surface area contributed by atoms with Crippen LogP contribution in [0.25, 0.3) is 5.69 Å². The molecule has 1 heterocycles. The first-order valence-corrected chi connectivity index (χ1v) is 5.36. The van der Waals surface area contributed by atoms with Crippen molar-refractivity contribution in [1.29, 1.82) is 0 Å². The van der Waals surface area contributed by atoms with E-state index >= 15 is 0 Å². The Hall–Kier alpha value is -1.06. The predicted octanol–water partition coefficient (Wildman–Crippen LogP) is 2.97. The van der Waals surface area contributed by atoms with Crippen LogP contribution in [-0.4, -0.2) is 15.0 Å². The summed E-state index contributed by atoms with van der Waals surface area (Å²) in [5, 5.41) is 8.55. The van der Waals surface area contributed by atoms with Gasteiger partial charge >= 0.3 is 0 Å². The smallest absolute Gasteiger partial charge is 0.0979 e. The van der Waals surface area contributed by atoms with Gasteiger partial charge in [-0.1, -0.05) is 28.9 Å². The molecule has 5 heteroatoms. The van der Waals surface area contributed by atoms with Crippen molar-refractivity contribution in [3.05, 3.63) is 40.7 Å². The zero-order valence-electron chi connectivity index (χ0n) is 8.11. The summed E-state index contributed by atoms with van der Waals surface area (Å²) in [6, 6.07) is 5.77. The van der Waals surface area contributed by atoms with Crippen molar-refractivity contribution in [1.82, 2.24) is 15.0 Å². The van der Waals surface area contributed by atoms with E-state index in [1.165, 1.54) is 0 Å². The average molecular weight is 242 g/mol. The van der Waals surface area contributed by atoms with E-state index in [0.717, 1.165) is 16.9 Å². The number of halogens is 2. The van der Waals surface area contributed by atoms with Crippen LogP contribution in [0.2, 0.25) is 5.02 Å². The number of aryl methyl sites for hydroxylation is 1. The third-order valence-corrected chi connectivity index (χ3v) is 2.86. The molecular weight excluding hydrogens is 233 g/mol. The van der Waals surface area contributed by atoms with Gasteiger partial charge in [-0.25, -0.2) is 4.68 Å². The second kappa shape index (κ2) is 4.21. The maximum Gasteiger partial charge on any atom is 0.0979 e. The lowest BCUT2D eigenvalue weighted by molar-refractivity contribution is 0.800. The normalized spacial score (nSPS) is 10.6.